The molecular formula is C64H61Cl3N10. The van der Waals surface area contributed by atoms with Crippen LogP contribution in [0.3, 0.4) is 0 Å². The number of anilines is 5. The zero-order valence-corrected chi connectivity index (χ0v) is 44.5. The number of nitrogens with one attached hydrogen (secondary N) is 2. The molecule has 12 rings (SSSR count). The van der Waals surface area contributed by atoms with Crippen LogP contribution < -0.4 is 22.1 Å². The molecule has 0 saturated heterocycles. The number of nitrogen functional groups attached to an aromatic ring is 2. The number of nitrogens with zero attached hydrogens (tertiary/aromatic N) is 6. The number of aromatic nitrogens is 6. The molecule has 2 aliphatic rings. The minimum Gasteiger partial charge on any atom is -0.399 e. The van der Waals surface area contributed by atoms with Crippen molar-refractivity contribution in [2.24, 2.45) is 0 Å². The zero-order valence-electron chi connectivity index (χ0n) is 42.2. The number of rotatable bonds is 7. The Bertz CT molecular complexity index is 3610. The van der Waals surface area contributed by atoms with E-state index in [4.69, 9.17) is 46.3 Å². The van der Waals surface area contributed by atoms with Crippen LogP contribution in [-0.2, 0) is 10.8 Å². The Labute approximate surface area is 467 Å². The standard InChI is InChI=1S/C32H29N5.C27H24N2.C3Cl3N3.2CH4/c1-20-17-23(13-15-29(20)33-4)32(27-11-7-5-9-25(27)26-10-6-8-12-28(26)32)24-14-16-30(21(2)18-24)37-31-35-19-34-22(3)36-31;1-17-15-19(11-13-25(17)28)27(20-12-14-26(29)18(2)16-20)23-9-5-3-7-21(23)22-8-4-6-10-24(22)27;4-1-7-2(5)9-3(6)8-1;;/h5-19,33H,1-4H3,(H,34,35,36,37);3-16H,28-29H2,1-2H3;;2*1H4. The lowest BCUT2D eigenvalue weighted by atomic mass is 9.67. The quantitative estimate of drug-likeness (QED) is 0.113. The highest BCUT2D eigenvalue weighted by atomic mass is 35.5. The van der Waals surface area contributed by atoms with E-state index in [1.165, 1.54) is 78.7 Å². The number of hydrogen-bond acceptors (Lipinski definition) is 10. The second-order valence-corrected chi connectivity index (χ2v) is 19.8. The van der Waals surface area contributed by atoms with E-state index < -0.39 is 10.8 Å². The number of fused-ring (bicyclic) bond motifs is 6. The Morgan fingerprint density at radius 2 is 0.740 bits per heavy atom. The van der Waals surface area contributed by atoms with E-state index in [0.717, 1.165) is 39.4 Å². The van der Waals surface area contributed by atoms with Crippen molar-refractivity contribution >= 4 is 63.5 Å². The third-order valence-electron chi connectivity index (χ3n) is 14.4. The summed E-state index contributed by atoms with van der Waals surface area (Å²) >= 11 is 16.0. The molecule has 0 radical (unpaired) electrons. The fourth-order valence-corrected chi connectivity index (χ4v) is 11.6. The summed E-state index contributed by atoms with van der Waals surface area (Å²) in [6.45, 7) is 10.3. The zero-order chi connectivity index (χ0) is 52.6. The summed E-state index contributed by atoms with van der Waals surface area (Å²) < 4.78 is 0. The largest absolute Gasteiger partial charge is 0.399 e. The van der Waals surface area contributed by atoms with Gasteiger partial charge < -0.3 is 22.1 Å². The Morgan fingerprint density at radius 1 is 0.403 bits per heavy atom. The summed E-state index contributed by atoms with van der Waals surface area (Å²) in [6.07, 6.45) is 1.53. The normalized spacial score (nSPS) is 12.6. The first-order valence-corrected chi connectivity index (χ1v) is 25.5. The lowest BCUT2D eigenvalue weighted by Gasteiger charge is -2.35. The van der Waals surface area contributed by atoms with E-state index in [2.05, 4.69) is 226 Å². The van der Waals surface area contributed by atoms with Crippen molar-refractivity contribution in [1.82, 2.24) is 29.9 Å². The molecular weight excluding hydrogens is 1020 g/mol. The Kier molecular flexibility index (Phi) is 16.2. The number of halogens is 3. The minimum absolute atomic E-state index is 0. The fourth-order valence-electron chi connectivity index (χ4n) is 10.9. The van der Waals surface area contributed by atoms with Gasteiger partial charge in [0.2, 0.25) is 21.8 Å². The second-order valence-electron chi connectivity index (χ2n) is 18.8. The van der Waals surface area contributed by atoms with Gasteiger partial charge >= 0.3 is 0 Å². The van der Waals surface area contributed by atoms with Gasteiger partial charge in [-0.2, -0.15) is 19.9 Å². The first-order chi connectivity index (χ1) is 36.2. The predicted molar refractivity (Wildman–Crippen MR) is 321 cm³/mol. The molecule has 0 spiro atoms. The molecule has 0 aliphatic heterocycles. The lowest BCUT2D eigenvalue weighted by molar-refractivity contribution is 0.766. The van der Waals surface area contributed by atoms with Gasteiger partial charge in [-0.3, -0.25) is 0 Å². The van der Waals surface area contributed by atoms with Gasteiger partial charge in [-0.15, -0.1) is 0 Å². The van der Waals surface area contributed by atoms with Gasteiger partial charge in [0, 0.05) is 29.8 Å². The highest BCUT2D eigenvalue weighted by Gasteiger charge is 2.47. The highest BCUT2D eigenvalue weighted by molar-refractivity contribution is 6.33. The van der Waals surface area contributed by atoms with Crippen LogP contribution in [0.15, 0.2) is 176 Å². The van der Waals surface area contributed by atoms with Gasteiger partial charge in [0.15, 0.2) is 0 Å². The van der Waals surface area contributed by atoms with E-state index >= 15 is 0 Å². The number of hydrogen-bond donors (Lipinski definition) is 4. The average molecular weight is 1080 g/mol. The molecule has 10 aromatic rings. The molecule has 388 valence electrons. The van der Waals surface area contributed by atoms with E-state index in [1.807, 2.05) is 26.1 Å². The van der Waals surface area contributed by atoms with Gasteiger partial charge in [-0.25, -0.2) is 9.97 Å². The molecule has 8 aromatic carbocycles. The summed E-state index contributed by atoms with van der Waals surface area (Å²) in [5.74, 6) is 1.23. The Hall–Kier alpha value is -8.15. The van der Waals surface area contributed by atoms with Crippen LogP contribution in [0.25, 0.3) is 22.3 Å². The maximum Gasteiger partial charge on any atom is 0.230 e. The molecule has 2 aliphatic carbocycles. The van der Waals surface area contributed by atoms with Crippen LogP contribution >= 0.6 is 34.8 Å². The van der Waals surface area contributed by atoms with Crippen molar-refractivity contribution < 1.29 is 0 Å². The average Bonchev–Trinajstić information content (AvgIpc) is 3.87. The Morgan fingerprint density at radius 3 is 1.08 bits per heavy atom. The first kappa shape index (κ1) is 55.1. The van der Waals surface area contributed by atoms with E-state index in [-0.39, 0.29) is 30.7 Å². The van der Waals surface area contributed by atoms with E-state index in [9.17, 15) is 0 Å². The Balaban J connectivity index is 0.000000175. The van der Waals surface area contributed by atoms with Crippen molar-refractivity contribution in [2.45, 2.75) is 60.3 Å². The second kappa shape index (κ2) is 22.6. The molecule has 0 unspecified atom stereocenters. The molecule has 10 nitrogen and oxygen atoms in total. The van der Waals surface area contributed by atoms with Gasteiger partial charge in [0.05, 0.1) is 10.8 Å². The molecule has 0 bridgehead atoms. The smallest absolute Gasteiger partial charge is 0.230 e. The van der Waals surface area contributed by atoms with Gasteiger partial charge in [-0.1, -0.05) is 160 Å². The first-order valence-electron chi connectivity index (χ1n) is 24.4. The third kappa shape index (κ3) is 9.96. The molecule has 2 aromatic heterocycles. The van der Waals surface area contributed by atoms with Crippen molar-refractivity contribution in [3.05, 3.63) is 265 Å². The molecule has 6 N–H and O–H groups in total. The lowest BCUT2D eigenvalue weighted by Crippen LogP contribution is -2.29. The summed E-state index contributed by atoms with van der Waals surface area (Å²) in [5.41, 5.74) is 35.1. The minimum atomic E-state index is -0.433. The molecule has 0 saturated carbocycles. The van der Waals surface area contributed by atoms with E-state index in [1.54, 1.807) is 0 Å². The SMILES string of the molecule is C.C.CNc1ccc(C2(c3ccc(Nc4ncnc(C)n4)c(C)c3)c3ccccc3-c3ccccc32)cc1C.Cc1cc(C2(c3ccc(N)c(C)c3)c3ccccc3-c3ccccc32)ccc1N.Clc1nc(Cl)nc(Cl)n1. The van der Waals surface area contributed by atoms with Crippen molar-refractivity contribution in [2.75, 3.05) is 29.1 Å². The summed E-state index contributed by atoms with van der Waals surface area (Å²) in [4.78, 5) is 23.2. The molecule has 2 heterocycles. The maximum absolute atomic E-state index is 6.19. The van der Waals surface area contributed by atoms with Crippen LogP contribution in [0.4, 0.5) is 28.7 Å². The van der Waals surface area contributed by atoms with Crippen LogP contribution in [0.1, 0.15) is 87.4 Å². The van der Waals surface area contributed by atoms with Gasteiger partial charge in [0.1, 0.15) is 12.2 Å². The molecule has 0 amide bonds. The molecule has 13 heteroatoms. The van der Waals surface area contributed by atoms with Crippen LogP contribution in [0.2, 0.25) is 15.9 Å². The number of nitrogens with two attached hydrogens (primary N) is 2. The summed E-state index contributed by atoms with van der Waals surface area (Å²) in [5, 5.41) is 6.70. The van der Waals surface area contributed by atoms with Crippen molar-refractivity contribution in [3.63, 3.8) is 0 Å². The van der Waals surface area contributed by atoms with Gasteiger partial charge in [0.25, 0.3) is 0 Å². The monoisotopic (exact) mass is 1070 g/mol. The van der Waals surface area contributed by atoms with E-state index in [0.29, 0.717) is 11.8 Å². The number of benzene rings is 8. The maximum atomic E-state index is 6.19. The third-order valence-corrected chi connectivity index (χ3v) is 14.9. The fraction of sp³-hybridized carbons (Fsp3) is 0.156. The van der Waals surface area contributed by atoms with Crippen LogP contribution in [0, 0.1) is 34.6 Å². The molecule has 0 fully saturated rings. The molecule has 77 heavy (non-hydrogen) atoms. The predicted octanol–water partition coefficient (Wildman–Crippen LogP) is 15.9. The molecule has 0 atom stereocenters. The highest BCUT2D eigenvalue weighted by Crippen LogP contribution is 2.58. The summed E-state index contributed by atoms with van der Waals surface area (Å²) in [6, 6.07) is 61.5. The van der Waals surface area contributed by atoms with Crippen molar-refractivity contribution in [1.29, 1.82) is 0 Å². The van der Waals surface area contributed by atoms with Crippen molar-refractivity contribution in [3.8, 4) is 22.3 Å². The van der Waals surface area contributed by atoms with Gasteiger partial charge in [-0.05, 0) is 183 Å². The summed E-state index contributed by atoms with van der Waals surface area (Å²) in [7, 11) is 1.97. The topological polar surface area (TPSA) is 153 Å². The van der Waals surface area contributed by atoms with Crippen LogP contribution in [0.5, 0.6) is 0 Å². The van der Waals surface area contributed by atoms with Crippen LogP contribution in [-0.4, -0.2) is 37.0 Å². The number of aryl methyl sites for hydroxylation is 5.